The number of benzene rings is 4. The predicted molar refractivity (Wildman–Crippen MR) is 338 cm³/mol. The number of fused-ring (bicyclic) bond motifs is 1. The van der Waals surface area contributed by atoms with Crippen LogP contribution in [-0.2, 0) is 64.1 Å². The molecule has 90 heavy (non-hydrogen) atoms. The molecule has 7 amide bonds. The summed E-state index contributed by atoms with van der Waals surface area (Å²) in [5.41, 5.74) is 12.5. The Morgan fingerprint density at radius 1 is 0.889 bits per heavy atom. The van der Waals surface area contributed by atoms with Gasteiger partial charge in [0.25, 0.3) is 11.4 Å². The number of hydrogen-bond acceptors (Lipinski definition) is 14. The smallest absolute Gasteiger partial charge is 0.391 e. The highest BCUT2D eigenvalue weighted by Gasteiger charge is 2.47. The molecule has 10 N–H and O–H groups in total. The van der Waals surface area contributed by atoms with Gasteiger partial charge in [-0.05, 0) is 121 Å². The standard InChI is InChI=1S/C65H77N10O13PS/c1-36-57(90-35-68-36)42-13-9-39(10-14-42)32-67-60(80)52-31-47(76)33-74(52)63(83)58(65(3,4)5)72-55(78)27-38-23-25-73(26-24-38)46-17-11-40(12-18-46)34-88-37(2)48(21-22-54(66)77)70-61(81)53-30-43-8-6-7-41-15-20-50(62(82)75(53)56(41)43)71-59(79)51-29-45-28-44(16-19-49(45)69-51)64(84)89(85,86)87/h6-14,16-19,28-29,35,37-38,47-48,50,52-53,58,69,76H,15,20-27,30-34H2,1-5H3,(H2,66,77)(H,67,80)(H,70,81)(H,71,79)(H,72,78)(H2,85,86,87)/t37-,47-,48+,50+,52+,53+,58-/m1/s1. The molecule has 6 aromatic rings. The highest BCUT2D eigenvalue weighted by atomic mass is 32.1. The summed E-state index contributed by atoms with van der Waals surface area (Å²) in [4.78, 5) is 141. The lowest BCUT2D eigenvalue weighted by atomic mass is 9.85. The number of piperidine rings is 1. The van der Waals surface area contributed by atoms with Crippen molar-refractivity contribution in [2.75, 3.05) is 29.4 Å². The first-order valence-electron chi connectivity index (χ1n) is 30.4. The summed E-state index contributed by atoms with van der Waals surface area (Å²) < 4.78 is 18.0. The maximum Gasteiger partial charge on any atom is 0.396 e. The zero-order chi connectivity index (χ0) is 64.3. The van der Waals surface area contributed by atoms with Gasteiger partial charge in [-0.15, -0.1) is 11.3 Å². The maximum absolute atomic E-state index is 14.6. The Bertz CT molecular complexity index is 3760. The summed E-state index contributed by atoms with van der Waals surface area (Å²) in [5, 5.41) is 22.9. The number of carbonyl (C=O) groups excluding carboxylic acids is 8. The first-order valence-corrected chi connectivity index (χ1v) is 32.9. The molecule has 0 bridgehead atoms. The molecule has 10 rings (SSSR count). The second-order valence-corrected chi connectivity index (χ2v) is 27.5. The van der Waals surface area contributed by atoms with E-state index in [0.29, 0.717) is 36.1 Å². The highest BCUT2D eigenvalue weighted by molar-refractivity contribution is 7.70. The molecule has 0 aliphatic carbocycles. The monoisotopic (exact) mass is 1270 g/mol. The van der Waals surface area contributed by atoms with Gasteiger partial charge in [-0.2, -0.15) is 0 Å². The van der Waals surface area contributed by atoms with E-state index in [0.717, 1.165) is 56.9 Å². The van der Waals surface area contributed by atoms with Crippen molar-refractivity contribution >= 4 is 88.1 Å². The van der Waals surface area contributed by atoms with E-state index in [2.05, 4.69) is 36.1 Å². The molecule has 2 aromatic heterocycles. The van der Waals surface area contributed by atoms with E-state index in [-0.39, 0.29) is 87.2 Å². The lowest BCUT2D eigenvalue weighted by Gasteiger charge is -2.36. The van der Waals surface area contributed by atoms with Gasteiger partial charge in [0.1, 0.15) is 29.9 Å². The average Bonchev–Trinajstić information content (AvgIpc) is 1.67. The number of thiazole rings is 1. The second-order valence-electron chi connectivity index (χ2n) is 25.1. The molecule has 6 heterocycles. The lowest BCUT2D eigenvalue weighted by Crippen LogP contribution is -2.58. The molecule has 23 nitrogen and oxygen atoms in total. The number of nitrogens with two attached hydrogens (primary N) is 1. The minimum Gasteiger partial charge on any atom is -0.391 e. The summed E-state index contributed by atoms with van der Waals surface area (Å²) in [5.74, 6) is -3.17. The Morgan fingerprint density at radius 2 is 1.60 bits per heavy atom. The van der Waals surface area contributed by atoms with Crippen molar-refractivity contribution in [1.82, 2.24) is 36.1 Å². The van der Waals surface area contributed by atoms with Gasteiger partial charge < -0.3 is 61.4 Å². The molecule has 2 fully saturated rings. The highest BCUT2D eigenvalue weighted by Crippen LogP contribution is 2.41. The topological polar surface area (TPSA) is 336 Å². The normalized spacial score (nSPS) is 19.6. The molecule has 7 atom stereocenters. The van der Waals surface area contributed by atoms with Crippen molar-refractivity contribution in [2.24, 2.45) is 17.1 Å². The van der Waals surface area contributed by atoms with Crippen LogP contribution in [0.15, 0.2) is 96.5 Å². The number of aryl methyl sites for hydroxylation is 2. The van der Waals surface area contributed by atoms with E-state index >= 15 is 0 Å². The number of carbonyl (C=O) groups is 8. The van der Waals surface area contributed by atoms with Crippen LogP contribution < -0.4 is 36.8 Å². The van der Waals surface area contributed by atoms with Crippen molar-refractivity contribution in [3.63, 3.8) is 0 Å². The van der Waals surface area contributed by atoms with Gasteiger partial charge >= 0.3 is 7.60 Å². The van der Waals surface area contributed by atoms with Crippen molar-refractivity contribution in [3.05, 3.63) is 136 Å². The zero-order valence-corrected chi connectivity index (χ0v) is 52.6. The quantitative estimate of drug-likeness (QED) is 0.0369. The first kappa shape index (κ1) is 64.9. The molecule has 0 saturated carbocycles. The maximum atomic E-state index is 14.6. The number of likely N-dealkylation sites (tertiary alicyclic amines) is 1. The summed E-state index contributed by atoms with van der Waals surface area (Å²) in [7, 11) is -5.06. The van der Waals surface area contributed by atoms with Crippen LogP contribution in [0.3, 0.4) is 0 Å². The Kier molecular flexibility index (Phi) is 19.6. The molecule has 4 aliphatic heterocycles. The van der Waals surface area contributed by atoms with E-state index in [9.17, 15) is 57.8 Å². The summed E-state index contributed by atoms with van der Waals surface area (Å²) >= 11 is 1.56. The molecule has 0 unspecified atom stereocenters. The van der Waals surface area contributed by atoms with Gasteiger partial charge in [-0.3, -0.25) is 47.8 Å². The van der Waals surface area contributed by atoms with E-state index < -0.39 is 90.5 Å². The summed E-state index contributed by atoms with van der Waals surface area (Å²) in [6.07, 6.45) is 1.20. The number of aromatic nitrogens is 2. The molecule has 0 radical (unpaired) electrons. The summed E-state index contributed by atoms with van der Waals surface area (Å²) in [6.45, 7) is 11.1. The molecule has 4 aromatic carbocycles. The fraction of sp³-hybridized carbons (Fsp3) is 0.431. The Hall–Kier alpha value is -8.12. The third-order valence-corrected chi connectivity index (χ3v) is 19.4. The van der Waals surface area contributed by atoms with E-state index in [1.165, 1.54) is 34.1 Å². The van der Waals surface area contributed by atoms with Crippen LogP contribution >= 0.6 is 18.9 Å². The lowest BCUT2D eigenvalue weighted by molar-refractivity contribution is -0.144. The van der Waals surface area contributed by atoms with Crippen LogP contribution in [0.2, 0.25) is 0 Å². The molecule has 25 heteroatoms. The number of anilines is 2. The molecule has 2 saturated heterocycles. The number of ether oxygens (including phenoxy) is 1. The minimum absolute atomic E-state index is 0.0213. The van der Waals surface area contributed by atoms with Crippen LogP contribution in [0.25, 0.3) is 21.3 Å². The van der Waals surface area contributed by atoms with E-state index in [1.54, 1.807) is 23.8 Å². The van der Waals surface area contributed by atoms with E-state index in [4.69, 9.17) is 10.5 Å². The largest absolute Gasteiger partial charge is 0.396 e. The predicted octanol–water partition coefficient (Wildman–Crippen LogP) is 5.69. The van der Waals surface area contributed by atoms with Crippen molar-refractivity contribution in [2.45, 2.75) is 148 Å². The SMILES string of the molecule is Cc1ncsc1-c1ccc(CNC(=O)[C@@H]2C[C@@H](O)CN2C(=O)[C@@H](NC(=O)CC2CCN(c3ccc(CO[C@H](C)[C@H](CCC(N)=O)NC(=O)[C@@H]4Cc5cccc6c5N4C(=O)[C@@H](NC(=O)c4cc5cc(C(=O)P(=O)(O)O)ccc5[nH]4)CC6)cc3)CC2)C(C)(C)C)cc1. The van der Waals surface area contributed by atoms with Gasteiger partial charge in [0.15, 0.2) is 0 Å². The van der Waals surface area contributed by atoms with Crippen molar-refractivity contribution in [3.8, 4) is 10.4 Å². The Balaban J connectivity index is 0.704. The van der Waals surface area contributed by atoms with Crippen molar-refractivity contribution in [1.29, 1.82) is 0 Å². The number of hydrogen-bond donors (Lipinski definition) is 9. The number of aliphatic hydroxyl groups is 1. The fourth-order valence-corrected chi connectivity index (χ4v) is 13.9. The second kappa shape index (κ2) is 27.1. The number of H-pyrrole nitrogens is 1. The summed E-state index contributed by atoms with van der Waals surface area (Å²) in [6, 6.07) is 22.1. The van der Waals surface area contributed by atoms with Gasteiger partial charge in [-0.1, -0.05) is 75.4 Å². The third-order valence-electron chi connectivity index (χ3n) is 17.6. The van der Waals surface area contributed by atoms with Crippen LogP contribution in [-0.4, -0.2) is 139 Å². The number of primary amides is 1. The van der Waals surface area contributed by atoms with Gasteiger partial charge in [0.2, 0.25) is 35.4 Å². The number of nitrogens with zero attached hydrogens (tertiary/aromatic N) is 4. The van der Waals surface area contributed by atoms with Gasteiger partial charge in [0, 0.05) is 74.0 Å². The molecule has 476 valence electrons. The number of para-hydroxylation sites is 1. The van der Waals surface area contributed by atoms with Crippen LogP contribution in [0.5, 0.6) is 0 Å². The van der Waals surface area contributed by atoms with Crippen LogP contribution in [0.1, 0.15) is 121 Å². The van der Waals surface area contributed by atoms with Crippen LogP contribution in [0.4, 0.5) is 11.4 Å². The van der Waals surface area contributed by atoms with Gasteiger partial charge in [-0.25, -0.2) is 4.98 Å². The Labute approximate surface area is 525 Å². The molecular formula is C65H77N10O13PS. The number of amides is 7. The number of β-amino-alcohol motifs (C(OH)–C–C–N with tert-alkyl or cyclic N) is 1. The van der Waals surface area contributed by atoms with Gasteiger partial charge in [0.05, 0.1) is 46.6 Å². The molecule has 4 aliphatic rings. The number of aliphatic hydroxyl groups excluding tert-OH is 1. The third kappa shape index (κ3) is 14.9. The average molecular weight is 1270 g/mol. The van der Waals surface area contributed by atoms with Crippen molar-refractivity contribution < 1.29 is 62.6 Å². The number of rotatable bonds is 22. The Morgan fingerprint density at radius 3 is 2.28 bits per heavy atom. The fourth-order valence-electron chi connectivity index (χ4n) is 12.6. The van der Waals surface area contributed by atoms with Crippen LogP contribution in [0, 0.1) is 18.3 Å². The molecular weight excluding hydrogens is 1190 g/mol. The number of aromatic amines is 1. The zero-order valence-electron chi connectivity index (χ0n) is 50.9. The number of nitrogens with one attached hydrogen (secondary N) is 5. The molecule has 0 spiro atoms. The van der Waals surface area contributed by atoms with E-state index in [1.807, 2.05) is 94.4 Å². The first-order chi connectivity index (χ1) is 42.8. The minimum atomic E-state index is -5.06.